The number of hydrogen-bond acceptors (Lipinski definition) is 5. The first-order valence-electron chi connectivity index (χ1n) is 26.7. The second-order valence-corrected chi connectivity index (χ2v) is 17.9. The van der Waals surface area contributed by atoms with E-state index >= 15 is 0 Å². The van der Waals surface area contributed by atoms with Crippen molar-refractivity contribution in [2.75, 3.05) is 6.61 Å². The van der Waals surface area contributed by atoms with Crippen molar-refractivity contribution < 1.29 is 24.5 Å². The summed E-state index contributed by atoms with van der Waals surface area (Å²) in [6.07, 6.45) is 64.1. The number of allylic oxidation sites excluding steroid dienone is 11. The summed E-state index contributed by atoms with van der Waals surface area (Å²) in [5.41, 5.74) is 0. The minimum Gasteiger partial charge on any atom is -0.461 e. The number of ether oxygens (including phenoxy) is 1. The lowest BCUT2D eigenvalue weighted by atomic mass is 10.0. The molecule has 0 aromatic heterocycles. The molecule has 0 heterocycles. The summed E-state index contributed by atoms with van der Waals surface area (Å²) in [5.74, 6) is -0.588. The van der Waals surface area contributed by atoms with Crippen LogP contribution in [0.4, 0.5) is 0 Å². The number of aliphatic hydroxyl groups is 2. The molecule has 0 bridgehead atoms. The lowest BCUT2D eigenvalue weighted by Crippen LogP contribution is -2.46. The van der Waals surface area contributed by atoms with Gasteiger partial charge in [-0.3, -0.25) is 9.59 Å². The Morgan fingerprint density at radius 1 is 0.492 bits per heavy atom. The van der Waals surface area contributed by atoms with Crippen LogP contribution in [0, 0.1) is 0 Å². The van der Waals surface area contributed by atoms with Crippen molar-refractivity contribution in [1.29, 1.82) is 0 Å². The standard InChI is InChI=1S/C57H101NO5/c1-4-7-10-13-16-19-22-25-27-29-32-35-38-41-44-47-50-57(62)63-53(48-45-42-39-36-33-31-28-26-23-20-17-14-11-8-5-2)51-56(61)58-54(52-59)55(60)49-46-43-40-37-34-30-24-21-18-15-12-9-6-3/h8,11,17,20,26-29,33,36,42,45,53-55,59-60H,4-7,9-10,12-16,18-19,21-25,30-32,34-35,37-41,43-44,46-52H2,1-3H3,(H,58,61)/b11-8-,20-17-,28-26-,29-27+,36-33-,45-42-. The molecule has 0 saturated carbocycles. The maximum absolute atomic E-state index is 13.2. The molecule has 6 heteroatoms. The second-order valence-electron chi connectivity index (χ2n) is 17.9. The first-order valence-corrected chi connectivity index (χ1v) is 26.7. The molecule has 3 N–H and O–H groups in total. The summed E-state index contributed by atoms with van der Waals surface area (Å²) in [6.45, 7) is 6.34. The third kappa shape index (κ3) is 45.7. The number of esters is 1. The number of carbonyl (C=O) groups excluding carboxylic acids is 2. The van der Waals surface area contributed by atoms with Crippen LogP contribution in [0.25, 0.3) is 0 Å². The quantitative estimate of drug-likeness (QED) is 0.0321. The monoisotopic (exact) mass is 880 g/mol. The van der Waals surface area contributed by atoms with Gasteiger partial charge in [0.15, 0.2) is 0 Å². The Morgan fingerprint density at radius 2 is 0.889 bits per heavy atom. The van der Waals surface area contributed by atoms with Crippen LogP contribution in [0.2, 0.25) is 0 Å². The summed E-state index contributed by atoms with van der Waals surface area (Å²) in [4.78, 5) is 26.1. The molecule has 1 amide bonds. The zero-order valence-corrected chi connectivity index (χ0v) is 41.4. The lowest BCUT2D eigenvalue weighted by molar-refractivity contribution is -0.150. The van der Waals surface area contributed by atoms with Crippen LogP contribution in [0.3, 0.4) is 0 Å². The summed E-state index contributed by atoms with van der Waals surface area (Å²) in [7, 11) is 0. The molecule has 3 unspecified atom stereocenters. The zero-order valence-electron chi connectivity index (χ0n) is 41.4. The largest absolute Gasteiger partial charge is 0.461 e. The predicted molar refractivity (Wildman–Crippen MR) is 273 cm³/mol. The lowest BCUT2D eigenvalue weighted by Gasteiger charge is -2.24. The molecule has 0 radical (unpaired) electrons. The number of carbonyl (C=O) groups is 2. The van der Waals surface area contributed by atoms with Crippen molar-refractivity contribution in [3.8, 4) is 0 Å². The Balaban J connectivity index is 4.72. The van der Waals surface area contributed by atoms with Crippen molar-refractivity contribution in [1.82, 2.24) is 5.32 Å². The van der Waals surface area contributed by atoms with Crippen LogP contribution in [0.1, 0.15) is 252 Å². The minimum absolute atomic E-state index is 0.00547. The summed E-state index contributed by atoms with van der Waals surface area (Å²) >= 11 is 0. The number of rotatable bonds is 47. The highest BCUT2D eigenvalue weighted by atomic mass is 16.5. The van der Waals surface area contributed by atoms with Crippen LogP contribution in [-0.2, 0) is 14.3 Å². The van der Waals surface area contributed by atoms with Gasteiger partial charge in [-0.2, -0.15) is 0 Å². The van der Waals surface area contributed by atoms with E-state index in [1.54, 1.807) is 0 Å². The van der Waals surface area contributed by atoms with E-state index in [4.69, 9.17) is 4.74 Å². The fourth-order valence-corrected chi connectivity index (χ4v) is 7.74. The van der Waals surface area contributed by atoms with Gasteiger partial charge in [0.25, 0.3) is 0 Å². The van der Waals surface area contributed by atoms with E-state index in [9.17, 15) is 19.8 Å². The zero-order chi connectivity index (χ0) is 45.9. The van der Waals surface area contributed by atoms with Gasteiger partial charge in [-0.15, -0.1) is 0 Å². The van der Waals surface area contributed by atoms with E-state index in [2.05, 4.69) is 86.8 Å². The van der Waals surface area contributed by atoms with Gasteiger partial charge in [0.05, 0.1) is 25.2 Å². The first kappa shape index (κ1) is 60.3. The summed E-state index contributed by atoms with van der Waals surface area (Å²) in [5, 5.41) is 23.7. The topological polar surface area (TPSA) is 95.9 Å². The molecule has 0 rings (SSSR count). The van der Waals surface area contributed by atoms with Gasteiger partial charge in [-0.1, -0.05) is 235 Å². The highest BCUT2D eigenvalue weighted by Gasteiger charge is 2.23. The van der Waals surface area contributed by atoms with E-state index in [0.717, 1.165) is 77.0 Å². The molecule has 0 aliphatic carbocycles. The molecule has 364 valence electrons. The Bertz CT molecular complexity index is 1170. The van der Waals surface area contributed by atoms with Crippen LogP contribution in [-0.4, -0.2) is 46.9 Å². The van der Waals surface area contributed by atoms with Crippen molar-refractivity contribution in [2.24, 2.45) is 0 Å². The summed E-state index contributed by atoms with van der Waals surface area (Å²) in [6, 6.07) is -0.736. The minimum atomic E-state index is -0.815. The number of nitrogens with one attached hydrogen (secondary N) is 1. The van der Waals surface area contributed by atoms with Gasteiger partial charge in [0.2, 0.25) is 5.91 Å². The molecule has 0 fully saturated rings. The summed E-state index contributed by atoms with van der Waals surface area (Å²) < 4.78 is 5.87. The van der Waals surface area contributed by atoms with E-state index in [0.29, 0.717) is 19.3 Å². The van der Waals surface area contributed by atoms with Crippen molar-refractivity contribution in [3.05, 3.63) is 72.9 Å². The van der Waals surface area contributed by atoms with Gasteiger partial charge in [0, 0.05) is 12.8 Å². The Labute approximate surface area is 390 Å². The average Bonchev–Trinajstić information content (AvgIpc) is 3.28. The molecule has 0 aromatic carbocycles. The van der Waals surface area contributed by atoms with Crippen molar-refractivity contribution in [2.45, 2.75) is 270 Å². The van der Waals surface area contributed by atoms with Crippen LogP contribution < -0.4 is 5.32 Å². The Kier molecular flexibility index (Phi) is 48.1. The predicted octanol–water partition coefficient (Wildman–Crippen LogP) is 16.2. The highest BCUT2D eigenvalue weighted by molar-refractivity contribution is 5.77. The van der Waals surface area contributed by atoms with E-state index in [1.807, 2.05) is 12.2 Å². The van der Waals surface area contributed by atoms with E-state index in [-0.39, 0.29) is 24.9 Å². The number of unbranched alkanes of at least 4 members (excludes halogenated alkanes) is 24. The third-order valence-corrected chi connectivity index (χ3v) is 11.8. The number of hydrogen-bond donors (Lipinski definition) is 3. The maximum atomic E-state index is 13.2. The van der Waals surface area contributed by atoms with Crippen molar-refractivity contribution >= 4 is 11.9 Å². The molecule has 63 heavy (non-hydrogen) atoms. The second kappa shape index (κ2) is 50.3. The fourth-order valence-electron chi connectivity index (χ4n) is 7.74. The average molecular weight is 880 g/mol. The molecule has 3 atom stereocenters. The maximum Gasteiger partial charge on any atom is 0.306 e. The molecule has 0 saturated heterocycles. The van der Waals surface area contributed by atoms with Crippen LogP contribution >= 0.6 is 0 Å². The normalized spacial score (nSPS) is 13.8. The van der Waals surface area contributed by atoms with Gasteiger partial charge < -0.3 is 20.3 Å². The Hall–Kier alpha value is -2.70. The number of aliphatic hydroxyl groups excluding tert-OH is 2. The molecule has 0 spiro atoms. The van der Waals surface area contributed by atoms with Crippen molar-refractivity contribution in [3.63, 3.8) is 0 Å². The van der Waals surface area contributed by atoms with E-state index in [1.165, 1.54) is 128 Å². The van der Waals surface area contributed by atoms with Gasteiger partial charge >= 0.3 is 5.97 Å². The highest BCUT2D eigenvalue weighted by Crippen LogP contribution is 2.16. The van der Waals surface area contributed by atoms with E-state index < -0.39 is 18.2 Å². The molecular weight excluding hydrogens is 779 g/mol. The first-order chi connectivity index (χ1) is 31.0. The molecule has 6 nitrogen and oxygen atoms in total. The van der Waals surface area contributed by atoms with Gasteiger partial charge in [-0.25, -0.2) is 0 Å². The van der Waals surface area contributed by atoms with Gasteiger partial charge in [-0.05, 0) is 70.6 Å². The van der Waals surface area contributed by atoms with Crippen LogP contribution in [0.15, 0.2) is 72.9 Å². The smallest absolute Gasteiger partial charge is 0.306 e. The molecule has 0 aliphatic heterocycles. The number of amides is 1. The SMILES string of the molecule is CC/C=C\C/C=C\C/C=C\C/C=C\C/C=C\CC(CC(=O)NC(CO)C(O)CCCCCCCCCCCCCCC)OC(=O)CCCCCCC/C=C/CCCCCCCCC. The third-order valence-electron chi connectivity index (χ3n) is 11.8. The molecule has 0 aromatic rings. The Morgan fingerprint density at radius 3 is 1.33 bits per heavy atom. The molecule has 0 aliphatic rings. The molecular formula is C57H101NO5. The fraction of sp³-hybridized carbons (Fsp3) is 0.754. The van der Waals surface area contributed by atoms with Crippen LogP contribution in [0.5, 0.6) is 0 Å². The van der Waals surface area contributed by atoms with Gasteiger partial charge in [0.1, 0.15) is 6.10 Å².